The Hall–Kier alpha value is -1.16. The Bertz CT molecular complexity index is 295. The predicted molar refractivity (Wildman–Crippen MR) is 65.3 cm³/mol. The van der Waals surface area contributed by atoms with E-state index < -0.39 is 0 Å². The van der Waals surface area contributed by atoms with Gasteiger partial charge in [0.05, 0.1) is 0 Å². The van der Waals surface area contributed by atoms with Gasteiger partial charge in [-0.3, -0.25) is 0 Å². The molecule has 0 atom stereocenters. The van der Waals surface area contributed by atoms with Crippen LogP contribution in [0.2, 0.25) is 0 Å². The van der Waals surface area contributed by atoms with Gasteiger partial charge in [0, 0.05) is 31.5 Å². The molecule has 0 bridgehead atoms. The summed E-state index contributed by atoms with van der Waals surface area (Å²) in [5, 5.41) is 0. The van der Waals surface area contributed by atoms with Crippen molar-refractivity contribution in [3.05, 3.63) is 18.5 Å². The summed E-state index contributed by atoms with van der Waals surface area (Å²) in [6, 6.07) is 2.44. The van der Waals surface area contributed by atoms with Gasteiger partial charge < -0.3 is 10.6 Å². The first-order chi connectivity index (χ1) is 7.92. The minimum atomic E-state index is 0.583. The van der Waals surface area contributed by atoms with E-state index in [1.807, 2.05) is 6.07 Å². The van der Waals surface area contributed by atoms with Crippen LogP contribution in [-0.4, -0.2) is 29.1 Å². The number of rotatable bonds is 4. The topological polar surface area (TPSA) is 55.0 Å². The highest BCUT2D eigenvalue weighted by Gasteiger charge is 2.22. The lowest BCUT2D eigenvalue weighted by Gasteiger charge is -2.34. The Labute approximate surface area is 96.9 Å². The van der Waals surface area contributed by atoms with Gasteiger partial charge in [-0.05, 0) is 18.9 Å². The van der Waals surface area contributed by atoms with Crippen molar-refractivity contribution in [1.82, 2.24) is 9.97 Å². The molecule has 0 spiro atoms. The molecule has 0 aromatic carbocycles. The van der Waals surface area contributed by atoms with Crippen LogP contribution < -0.4 is 10.6 Å². The van der Waals surface area contributed by atoms with E-state index in [4.69, 9.17) is 5.73 Å². The molecule has 16 heavy (non-hydrogen) atoms. The van der Waals surface area contributed by atoms with Gasteiger partial charge >= 0.3 is 0 Å². The third kappa shape index (κ3) is 2.70. The molecule has 1 aromatic heterocycles. The van der Waals surface area contributed by atoms with E-state index in [9.17, 15) is 0 Å². The molecule has 1 heterocycles. The molecule has 1 aliphatic rings. The van der Waals surface area contributed by atoms with Crippen LogP contribution in [0, 0.1) is 0 Å². The van der Waals surface area contributed by atoms with Crippen LogP contribution in [0.25, 0.3) is 0 Å². The molecule has 1 aromatic rings. The summed E-state index contributed by atoms with van der Waals surface area (Å²) in [7, 11) is 0. The Morgan fingerprint density at radius 1 is 1.19 bits per heavy atom. The van der Waals surface area contributed by atoms with Crippen LogP contribution in [0.3, 0.4) is 0 Å². The van der Waals surface area contributed by atoms with Gasteiger partial charge in [-0.1, -0.05) is 19.3 Å². The molecule has 4 nitrogen and oxygen atoms in total. The lowest BCUT2D eigenvalue weighted by Crippen LogP contribution is -2.41. The molecule has 2 rings (SSSR count). The van der Waals surface area contributed by atoms with Gasteiger partial charge in [0.2, 0.25) is 5.95 Å². The molecule has 88 valence electrons. The van der Waals surface area contributed by atoms with E-state index in [1.165, 1.54) is 32.1 Å². The highest BCUT2D eigenvalue weighted by Crippen LogP contribution is 2.24. The van der Waals surface area contributed by atoms with Crippen LogP contribution >= 0.6 is 0 Å². The molecule has 2 N–H and O–H groups in total. The SMILES string of the molecule is NCCN(c1ncccn1)C1CCCCC1. The van der Waals surface area contributed by atoms with Crippen LogP contribution in [0.15, 0.2) is 18.5 Å². The standard InChI is InChI=1S/C12H20N4/c13-7-10-16(11-5-2-1-3-6-11)12-14-8-4-9-15-12/h4,8-9,11H,1-3,5-7,10,13H2. The number of anilines is 1. The molecule has 0 saturated heterocycles. The minimum absolute atomic E-state index is 0.583. The number of aromatic nitrogens is 2. The van der Waals surface area contributed by atoms with Crippen molar-refractivity contribution < 1.29 is 0 Å². The summed E-state index contributed by atoms with van der Waals surface area (Å²) in [6.07, 6.45) is 10.1. The molecule has 0 aliphatic heterocycles. The molecular formula is C12H20N4. The number of hydrogen-bond donors (Lipinski definition) is 1. The second kappa shape index (κ2) is 5.80. The summed E-state index contributed by atoms with van der Waals surface area (Å²) < 4.78 is 0. The summed E-state index contributed by atoms with van der Waals surface area (Å²) in [5.74, 6) is 0.833. The average molecular weight is 220 g/mol. The Morgan fingerprint density at radius 2 is 1.88 bits per heavy atom. The fourth-order valence-electron chi connectivity index (χ4n) is 2.42. The summed E-state index contributed by atoms with van der Waals surface area (Å²) in [4.78, 5) is 10.9. The van der Waals surface area contributed by atoms with Crippen molar-refractivity contribution in [3.8, 4) is 0 Å². The zero-order chi connectivity index (χ0) is 11.2. The van der Waals surface area contributed by atoms with Gasteiger partial charge in [-0.2, -0.15) is 0 Å². The van der Waals surface area contributed by atoms with Gasteiger partial charge in [0.15, 0.2) is 0 Å². The third-order valence-corrected chi connectivity index (χ3v) is 3.19. The normalized spacial score (nSPS) is 17.3. The average Bonchev–Trinajstić information content (AvgIpc) is 2.38. The predicted octanol–water partition coefficient (Wildman–Crippen LogP) is 1.57. The first-order valence-corrected chi connectivity index (χ1v) is 6.15. The van der Waals surface area contributed by atoms with Crippen LogP contribution in [0.5, 0.6) is 0 Å². The lowest BCUT2D eigenvalue weighted by atomic mass is 9.94. The first-order valence-electron chi connectivity index (χ1n) is 6.15. The molecule has 1 fully saturated rings. The largest absolute Gasteiger partial charge is 0.337 e. The maximum Gasteiger partial charge on any atom is 0.225 e. The van der Waals surface area contributed by atoms with E-state index in [0.717, 1.165) is 12.5 Å². The Morgan fingerprint density at radius 3 is 2.50 bits per heavy atom. The minimum Gasteiger partial charge on any atom is -0.337 e. The molecule has 0 radical (unpaired) electrons. The lowest BCUT2D eigenvalue weighted by molar-refractivity contribution is 0.412. The second-order valence-corrected chi connectivity index (χ2v) is 4.32. The van der Waals surface area contributed by atoms with Crippen molar-refractivity contribution in [2.75, 3.05) is 18.0 Å². The fourth-order valence-corrected chi connectivity index (χ4v) is 2.42. The van der Waals surface area contributed by atoms with Gasteiger partial charge in [0.1, 0.15) is 0 Å². The van der Waals surface area contributed by atoms with E-state index in [1.54, 1.807) is 12.4 Å². The Balaban J connectivity index is 2.09. The smallest absolute Gasteiger partial charge is 0.225 e. The highest BCUT2D eigenvalue weighted by molar-refractivity contribution is 5.30. The first kappa shape index (κ1) is 11.3. The number of nitrogens with two attached hydrogens (primary N) is 1. The van der Waals surface area contributed by atoms with Crippen molar-refractivity contribution in [3.63, 3.8) is 0 Å². The zero-order valence-corrected chi connectivity index (χ0v) is 9.68. The maximum absolute atomic E-state index is 5.68. The number of nitrogens with zero attached hydrogens (tertiary/aromatic N) is 3. The maximum atomic E-state index is 5.68. The second-order valence-electron chi connectivity index (χ2n) is 4.32. The molecular weight excluding hydrogens is 200 g/mol. The molecule has 0 unspecified atom stereocenters. The molecule has 1 aliphatic carbocycles. The molecule has 1 saturated carbocycles. The van der Waals surface area contributed by atoms with Gasteiger partial charge in [0.25, 0.3) is 0 Å². The quantitative estimate of drug-likeness (QED) is 0.837. The Kier molecular flexibility index (Phi) is 4.10. The fraction of sp³-hybridized carbons (Fsp3) is 0.667. The van der Waals surface area contributed by atoms with Gasteiger partial charge in [-0.25, -0.2) is 9.97 Å². The van der Waals surface area contributed by atoms with Crippen molar-refractivity contribution in [2.24, 2.45) is 5.73 Å². The summed E-state index contributed by atoms with van der Waals surface area (Å²) >= 11 is 0. The van der Waals surface area contributed by atoms with Crippen LogP contribution in [0.4, 0.5) is 5.95 Å². The summed E-state index contributed by atoms with van der Waals surface area (Å²) in [5.41, 5.74) is 5.68. The molecule has 0 amide bonds. The monoisotopic (exact) mass is 220 g/mol. The van der Waals surface area contributed by atoms with E-state index >= 15 is 0 Å². The highest BCUT2D eigenvalue weighted by atomic mass is 15.3. The van der Waals surface area contributed by atoms with E-state index in [2.05, 4.69) is 14.9 Å². The third-order valence-electron chi connectivity index (χ3n) is 3.19. The van der Waals surface area contributed by atoms with Gasteiger partial charge in [-0.15, -0.1) is 0 Å². The van der Waals surface area contributed by atoms with Crippen molar-refractivity contribution in [1.29, 1.82) is 0 Å². The van der Waals surface area contributed by atoms with Crippen LogP contribution in [-0.2, 0) is 0 Å². The van der Waals surface area contributed by atoms with E-state index in [0.29, 0.717) is 12.6 Å². The number of hydrogen-bond acceptors (Lipinski definition) is 4. The van der Waals surface area contributed by atoms with Crippen molar-refractivity contribution in [2.45, 2.75) is 38.1 Å². The van der Waals surface area contributed by atoms with Crippen molar-refractivity contribution >= 4 is 5.95 Å². The van der Waals surface area contributed by atoms with Crippen LogP contribution in [0.1, 0.15) is 32.1 Å². The molecule has 4 heteroatoms. The van der Waals surface area contributed by atoms with E-state index in [-0.39, 0.29) is 0 Å². The zero-order valence-electron chi connectivity index (χ0n) is 9.68. The summed E-state index contributed by atoms with van der Waals surface area (Å²) in [6.45, 7) is 1.52.